The maximum Gasteiger partial charge on any atom is 0.258 e. The number of nitriles is 1. The molecule has 1 N–H and O–H groups in total. The maximum absolute atomic E-state index is 11.8. The van der Waals surface area contributed by atoms with Crippen molar-refractivity contribution < 1.29 is 9.53 Å². The zero-order valence-electron chi connectivity index (χ0n) is 12.3. The van der Waals surface area contributed by atoms with E-state index in [9.17, 15) is 4.79 Å². The van der Waals surface area contributed by atoms with Crippen molar-refractivity contribution in [2.24, 2.45) is 5.92 Å². The van der Waals surface area contributed by atoms with Gasteiger partial charge >= 0.3 is 0 Å². The lowest BCUT2D eigenvalue weighted by molar-refractivity contribution is -0.124. The molecule has 0 heterocycles. The first-order valence-corrected chi connectivity index (χ1v) is 7.03. The van der Waals surface area contributed by atoms with Crippen LogP contribution >= 0.6 is 0 Å². The molecule has 0 aliphatic carbocycles. The van der Waals surface area contributed by atoms with Crippen LogP contribution in [0.25, 0.3) is 0 Å². The smallest absolute Gasteiger partial charge is 0.258 e. The summed E-state index contributed by atoms with van der Waals surface area (Å²) in [5.41, 5.74) is 0.573. The standard InChI is InChI=1S/C16H22N2O2/c1-4-14(5-2)12(3)18-16(19)11-20-15-8-6-13(10-17)7-9-15/h6-9,12,14H,4-5,11H2,1-3H3,(H,18,19). The van der Waals surface area contributed by atoms with E-state index < -0.39 is 0 Å². The lowest BCUT2D eigenvalue weighted by atomic mass is 9.95. The van der Waals surface area contributed by atoms with Crippen LogP contribution in [0, 0.1) is 17.2 Å². The van der Waals surface area contributed by atoms with Crippen molar-refractivity contribution in [2.75, 3.05) is 6.61 Å². The van der Waals surface area contributed by atoms with Crippen molar-refractivity contribution in [3.8, 4) is 11.8 Å². The van der Waals surface area contributed by atoms with Gasteiger partial charge in [0.05, 0.1) is 11.6 Å². The van der Waals surface area contributed by atoms with Crippen LogP contribution in [0.15, 0.2) is 24.3 Å². The van der Waals surface area contributed by atoms with Gasteiger partial charge in [-0.3, -0.25) is 4.79 Å². The third-order valence-corrected chi connectivity index (χ3v) is 3.50. The molecule has 0 aliphatic rings. The predicted molar refractivity (Wildman–Crippen MR) is 78.3 cm³/mol. The first kappa shape index (κ1) is 16.0. The number of carbonyl (C=O) groups excluding carboxylic acids is 1. The number of carbonyl (C=O) groups is 1. The summed E-state index contributed by atoms with van der Waals surface area (Å²) in [6.45, 7) is 6.28. The molecule has 20 heavy (non-hydrogen) atoms. The molecule has 0 saturated carbocycles. The van der Waals surface area contributed by atoms with Gasteiger partial charge in [0.2, 0.25) is 0 Å². The van der Waals surface area contributed by atoms with Crippen molar-refractivity contribution in [1.29, 1.82) is 5.26 Å². The van der Waals surface area contributed by atoms with Crippen LogP contribution in [0.2, 0.25) is 0 Å². The van der Waals surface area contributed by atoms with Gasteiger partial charge in [-0.25, -0.2) is 0 Å². The number of rotatable bonds is 7. The SMILES string of the molecule is CCC(CC)C(C)NC(=O)COc1ccc(C#N)cc1. The van der Waals surface area contributed by atoms with E-state index in [1.807, 2.05) is 13.0 Å². The Morgan fingerprint density at radius 1 is 1.30 bits per heavy atom. The molecule has 0 aromatic heterocycles. The normalized spacial score (nSPS) is 11.8. The molecule has 1 rings (SSSR count). The van der Waals surface area contributed by atoms with Crippen LogP contribution in [0.5, 0.6) is 5.75 Å². The molecule has 4 nitrogen and oxygen atoms in total. The van der Waals surface area contributed by atoms with Gasteiger partial charge in [0, 0.05) is 6.04 Å². The number of amides is 1. The molecule has 1 aromatic rings. The van der Waals surface area contributed by atoms with Crippen LogP contribution in [0.4, 0.5) is 0 Å². The van der Waals surface area contributed by atoms with E-state index in [1.165, 1.54) is 0 Å². The van der Waals surface area contributed by atoms with E-state index in [-0.39, 0.29) is 18.6 Å². The second-order valence-electron chi connectivity index (χ2n) is 4.86. The van der Waals surface area contributed by atoms with Crippen molar-refractivity contribution in [3.05, 3.63) is 29.8 Å². The minimum atomic E-state index is -0.117. The topological polar surface area (TPSA) is 62.1 Å². The highest BCUT2D eigenvalue weighted by Gasteiger charge is 2.15. The minimum Gasteiger partial charge on any atom is -0.484 e. The Bertz CT molecular complexity index is 458. The van der Waals surface area contributed by atoms with E-state index >= 15 is 0 Å². The number of nitrogens with zero attached hydrogens (tertiary/aromatic N) is 1. The molecule has 4 heteroatoms. The molecule has 0 bridgehead atoms. The van der Waals surface area contributed by atoms with Crippen LogP contribution < -0.4 is 10.1 Å². The van der Waals surface area contributed by atoms with E-state index in [0.717, 1.165) is 12.8 Å². The second kappa shape index (κ2) is 8.21. The number of benzene rings is 1. The van der Waals surface area contributed by atoms with Crippen LogP contribution in [0.1, 0.15) is 39.2 Å². The fourth-order valence-corrected chi connectivity index (χ4v) is 2.18. The van der Waals surface area contributed by atoms with Crippen LogP contribution in [-0.2, 0) is 4.79 Å². The van der Waals surface area contributed by atoms with E-state index in [0.29, 0.717) is 17.2 Å². The Hall–Kier alpha value is -2.02. The molecule has 0 aliphatic heterocycles. The predicted octanol–water partition coefficient (Wildman–Crippen LogP) is 2.88. The van der Waals surface area contributed by atoms with Gasteiger partial charge in [-0.05, 0) is 37.1 Å². The quantitative estimate of drug-likeness (QED) is 0.831. The molecule has 1 atom stereocenters. The van der Waals surface area contributed by atoms with Gasteiger partial charge in [-0.1, -0.05) is 26.7 Å². The highest BCUT2D eigenvalue weighted by atomic mass is 16.5. The number of ether oxygens (including phenoxy) is 1. The highest BCUT2D eigenvalue weighted by molar-refractivity contribution is 5.77. The third-order valence-electron chi connectivity index (χ3n) is 3.50. The monoisotopic (exact) mass is 274 g/mol. The van der Waals surface area contributed by atoms with Crippen molar-refractivity contribution in [1.82, 2.24) is 5.32 Å². The third kappa shape index (κ3) is 4.93. The van der Waals surface area contributed by atoms with Gasteiger partial charge in [0.1, 0.15) is 5.75 Å². The van der Waals surface area contributed by atoms with Gasteiger partial charge < -0.3 is 10.1 Å². The molecule has 0 fully saturated rings. The second-order valence-corrected chi connectivity index (χ2v) is 4.86. The highest BCUT2D eigenvalue weighted by Crippen LogP contribution is 2.13. The van der Waals surface area contributed by atoms with E-state index in [4.69, 9.17) is 10.00 Å². The molecule has 0 saturated heterocycles. The van der Waals surface area contributed by atoms with Crippen LogP contribution in [0.3, 0.4) is 0 Å². The maximum atomic E-state index is 11.8. The summed E-state index contributed by atoms with van der Waals surface area (Å²) in [5, 5.41) is 11.6. The number of hydrogen-bond donors (Lipinski definition) is 1. The van der Waals surface area contributed by atoms with E-state index in [2.05, 4.69) is 19.2 Å². The first-order valence-electron chi connectivity index (χ1n) is 7.03. The number of hydrogen-bond acceptors (Lipinski definition) is 3. The fraction of sp³-hybridized carbons (Fsp3) is 0.500. The Morgan fingerprint density at radius 3 is 2.40 bits per heavy atom. The summed E-state index contributed by atoms with van der Waals surface area (Å²) in [6.07, 6.45) is 2.10. The minimum absolute atomic E-state index is 0.00358. The Morgan fingerprint density at radius 2 is 1.90 bits per heavy atom. The Labute approximate surface area is 120 Å². The summed E-state index contributed by atoms with van der Waals surface area (Å²) >= 11 is 0. The summed E-state index contributed by atoms with van der Waals surface area (Å²) in [5.74, 6) is 0.969. The molecular formula is C16H22N2O2. The van der Waals surface area contributed by atoms with Crippen molar-refractivity contribution in [3.63, 3.8) is 0 Å². The van der Waals surface area contributed by atoms with Gasteiger partial charge in [-0.15, -0.1) is 0 Å². The molecule has 1 unspecified atom stereocenters. The largest absolute Gasteiger partial charge is 0.484 e. The van der Waals surface area contributed by atoms with Gasteiger partial charge in [0.15, 0.2) is 6.61 Å². The Kier molecular flexibility index (Phi) is 6.58. The zero-order chi connectivity index (χ0) is 15.0. The zero-order valence-corrected chi connectivity index (χ0v) is 12.3. The summed E-state index contributed by atoms with van der Waals surface area (Å²) in [7, 11) is 0. The molecular weight excluding hydrogens is 252 g/mol. The Balaban J connectivity index is 2.41. The average molecular weight is 274 g/mol. The fourth-order valence-electron chi connectivity index (χ4n) is 2.18. The van der Waals surface area contributed by atoms with Crippen molar-refractivity contribution in [2.45, 2.75) is 39.7 Å². The van der Waals surface area contributed by atoms with Gasteiger partial charge in [-0.2, -0.15) is 5.26 Å². The molecule has 1 aromatic carbocycles. The molecule has 108 valence electrons. The lowest BCUT2D eigenvalue weighted by Gasteiger charge is -2.22. The first-order chi connectivity index (χ1) is 9.60. The molecule has 1 amide bonds. The summed E-state index contributed by atoms with van der Waals surface area (Å²) in [4.78, 5) is 11.8. The summed E-state index contributed by atoms with van der Waals surface area (Å²) < 4.78 is 5.39. The molecule has 0 radical (unpaired) electrons. The summed E-state index contributed by atoms with van der Waals surface area (Å²) in [6, 6.07) is 8.91. The van der Waals surface area contributed by atoms with Gasteiger partial charge in [0.25, 0.3) is 5.91 Å². The van der Waals surface area contributed by atoms with Crippen molar-refractivity contribution >= 4 is 5.91 Å². The lowest BCUT2D eigenvalue weighted by Crippen LogP contribution is -2.40. The van der Waals surface area contributed by atoms with Crippen LogP contribution in [-0.4, -0.2) is 18.6 Å². The average Bonchev–Trinajstić information content (AvgIpc) is 2.47. The number of nitrogens with one attached hydrogen (secondary N) is 1. The van der Waals surface area contributed by atoms with E-state index in [1.54, 1.807) is 24.3 Å². The molecule has 0 spiro atoms.